The molecule has 2 N–H and O–H groups in total. The first-order valence-corrected chi connectivity index (χ1v) is 8.07. The van der Waals surface area contributed by atoms with Crippen LogP contribution in [0.1, 0.15) is 55.5 Å². The molecule has 1 aliphatic carbocycles. The molecule has 0 bridgehead atoms. The number of aromatic nitrogens is 1. The van der Waals surface area contributed by atoms with Crippen molar-refractivity contribution in [1.82, 2.24) is 9.88 Å². The Morgan fingerprint density at radius 2 is 2.18 bits per heavy atom. The van der Waals surface area contributed by atoms with Gasteiger partial charge in [0.05, 0.1) is 6.10 Å². The van der Waals surface area contributed by atoms with Gasteiger partial charge >= 0.3 is 0 Å². The molecule has 22 heavy (non-hydrogen) atoms. The fourth-order valence-electron chi connectivity index (χ4n) is 2.86. The lowest BCUT2D eigenvalue weighted by molar-refractivity contribution is 0.0931. The van der Waals surface area contributed by atoms with Gasteiger partial charge in [-0.05, 0) is 50.2 Å². The van der Waals surface area contributed by atoms with Crippen LogP contribution in [0, 0.1) is 12.8 Å². The molecule has 0 unspecified atom stereocenters. The van der Waals surface area contributed by atoms with Gasteiger partial charge in [0.1, 0.15) is 5.56 Å². The van der Waals surface area contributed by atoms with Crippen molar-refractivity contribution < 1.29 is 9.90 Å². The van der Waals surface area contributed by atoms with Gasteiger partial charge in [-0.1, -0.05) is 13.8 Å². The number of carbonyl (C=O) groups excluding carboxylic acids is 1. The Hall–Kier alpha value is -1.62. The van der Waals surface area contributed by atoms with Gasteiger partial charge in [0, 0.05) is 18.8 Å². The van der Waals surface area contributed by atoms with E-state index in [2.05, 4.69) is 19.2 Å². The summed E-state index contributed by atoms with van der Waals surface area (Å²) in [5.41, 5.74) is 0.700. The maximum Gasteiger partial charge on any atom is 0.263 e. The number of hydrogen-bond donors (Lipinski definition) is 2. The highest BCUT2D eigenvalue weighted by Crippen LogP contribution is 2.19. The van der Waals surface area contributed by atoms with Crippen molar-refractivity contribution in [1.29, 1.82) is 0 Å². The topological polar surface area (TPSA) is 71.3 Å². The molecule has 0 radical (unpaired) electrons. The van der Waals surface area contributed by atoms with Crippen molar-refractivity contribution >= 4 is 5.91 Å². The number of pyridine rings is 1. The van der Waals surface area contributed by atoms with E-state index in [1.54, 1.807) is 17.7 Å². The van der Waals surface area contributed by atoms with Crippen LogP contribution in [-0.2, 0) is 6.54 Å². The first kappa shape index (κ1) is 16.7. The van der Waals surface area contributed by atoms with Gasteiger partial charge in [-0.2, -0.15) is 0 Å². The molecule has 2 rings (SSSR count). The fourth-order valence-corrected chi connectivity index (χ4v) is 2.86. The van der Waals surface area contributed by atoms with Gasteiger partial charge < -0.3 is 15.0 Å². The predicted octanol–water partition coefficient (Wildman–Crippen LogP) is 1.85. The summed E-state index contributed by atoms with van der Waals surface area (Å²) in [5.74, 6) is 0.186. The molecular weight excluding hydrogens is 280 g/mol. The Morgan fingerprint density at radius 3 is 2.77 bits per heavy atom. The minimum absolute atomic E-state index is 0.0365. The average Bonchev–Trinajstić information content (AvgIpc) is 2.83. The molecule has 1 aromatic rings. The number of aliphatic hydroxyl groups excluding tert-OH is 1. The second-order valence-corrected chi connectivity index (χ2v) is 6.69. The minimum atomic E-state index is -0.343. The van der Waals surface area contributed by atoms with E-state index in [0.717, 1.165) is 12.8 Å². The molecule has 1 aromatic heterocycles. The number of nitrogens with one attached hydrogen (secondary N) is 1. The summed E-state index contributed by atoms with van der Waals surface area (Å²) in [6.45, 7) is 6.63. The summed E-state index contributed by atoms with van der Waals surface area (Å²) in [6, 6.07) is 1.78. The predicted molar refractivity (Wildman–Crippen MR) is 86.0 cm³/mol. The highest BCUT2D eigenvalue weighted by atomic mass is 16.3. The Balaban J connectivity index is 2.16. The molecule has 2 atom stereocenters. The Labute approximate surface area is 131 Å². The number of amides is 1. The fraction of sp³-hybridized carbons (Fsp3) is 0.647. The second kappa shape index (κ2) is 7.09. The van der Waals surface area contributed by atoms with E-state index in [0.29, 0.717) is 30.9 Å². The van der Waals surface area contributed by atoms with E-state index in [9.17, 15) is 14.7 Å². The number of aryl methyl sites for hydroxylation is 2. The lowest BCUT2D eigenvalue weighted by Gasteiger charge is -2.15. The van der Waals surface area contributed by atoms with E-state index in [-0.39, 0.29) is 29.2 Å². The largest absolute Gasteiger partial charge is 0.393 e. The maximum atomic E-state index is 12.5. The van der Waals surface area contributed by atoms with Crippen LogP contribution in [0.25, 0.3) is 0 Å². The number of aliphatic hydroxyl groups is 1. The van der Waals surface area contributed by atoms with Crippen molar-refractivity contribution in [2.75, 3.05) is 0 Å². The standard InChI is InChI=1S/C17H26N2O3/c1-11(2)6-8-19-9-7-12(3)15(17(19)22)16(21)18-13-4-5-14(20)10-13/h7,9,11,13-14,20H,4-6,8,10H2,1-3H3,(H,18,21)/t13-,14+/m1/s1. The molecule has 1 aliphatic rings. The van der Waals surface area contributed by atoms with E-state index < -0.39 is 0 Å². The smallest absolute Gasteiger partial charge is 0.263 e. The first-order valence-electron chi connectivity index (χ1n) is 8.07. The highest BCUT2D eigenvalue weighted by Gasteiger charge is 2.26. The molecule has 0 saturated heterocycles. The summed E-state index contributed by atoms with van der Waals surface area (Å²) < 4.78 is 1.62. The van der Waals surface area contributed by atoms with Crippen LogP contribution >= 0.6 is 0 Å². The van der Waals surface area contributed by atoms with Gasteiger partial charge in [-0.15, -0.1) is 0 Å². The zero-order valence-corrected chi connectivity index (χ0v) is 13.6. The van der Waals surface area contributed by atoms with Gasteiger partial charge in [0.25, 0.3) is 11.5 Å². The minimum Gasteiger partial charge on any atom is -0.393 e. The summed E-state index contributed by atoms with van der Waals surface area (Å²) in [5, 5.41) is 12.4. The van der Waals surface area contributed by atoms with Crippen LogP contribution in [0.5, 0.6) is 0 Å². The Kier molecular flexibility index (Phi) is 5.40. The Morgan fingerprint density at radius 1 is 1.45 bits per heavy atom. The molecule has 0 aliphatic heterocycles. The van der Waals surface area contributed by atoms with Crippen molar-refractivity contribution in [3.63, 3.8) is 0 Å². The summed E-state index contributed by atoms with van der Waals surface area (Å²) in [7, 11) is 0. The van der Waals surface area contributed by atoms with Crippen molar-refractivity contribution in [2.24, 2.45) is 5.92 Å². The van der Waals surface area contributed by atoms with Gasteiger partial charge in [-0.25, -0.2) is 0 Å². The molecule has 122 valence electrons. The van der Waals surface area contributed by atoms with Crippen LogP contribution in [0.4, 0.5) is 0 Å². The molecule has 1 amide bonds. The van der Waals surface area contributed by atoms with Crippen LogP contribution in [0.15, 0.2) is 17.1 Å². The monoisotopic (exact) mass is 306 g/mol. The van der Waals surface area contributed by atoms with Gasteiger partial charge in [-0.3, -0.25) is 9.59 Å². The van der Waals surface area contributed by atoms with E-state index in [4.69, 9.17) is 0 Å². The van der Waals surface area contributed by atoms with E-state index in [1.807, 2.05) is 6.07 Å². The summed E-state index contributed by atoms with van der Waals surface area (Å²) in [4.78, 5) is 25.0. The average molecular weight is 306 g/mol. The molecule has 0 spiro atoms. The zero-order valence-electron chi connectivity index (χ0n) is 13.6. The third-order valence-corrected chi connectivity index (χ3v) is 4.29. The number of rotatable bonds is 5. The summed E-state index contributed by atoms with van der Waals surface area (Å²) >= 11 is 0. The third-order valence-electron chi connectivity index (χ3n) is 4.29. The van der Waals surface area contributed by atoms with Gasteiger partial charge in [0.15, 0.2) is 0 Å². The normalized spacial score (nSPS) is 21.3. The lowest BCUT2D eigenvalue weighted by atomic mass is 10.1. The zero-order chi connectivity index (χ0) is 16.3. The van der Waals surface area contributed by atoms with E-state index in [1.165, 1.54) is 0 Å². The van der Waals surface area contributed by atoms with Crippen LogP contribution in [0.2, 0.25) is 0 Å². The lowest BCUT2D eigenvalue weighted by Crippen LogP contribution is -2.38. The van der Waals surface area contributed by atoms with Crippen LogP contribution in [0.3, 0.4) is 0 Å². The molecule has 1 heterocycles. The van der Waals surface area contributed by atoms with Gasteiger partial charge in [0.2, 0.25) is 0 Å². The molecule has 1 fully saturated rings. The number of nitrogens with zero attached hydrogens (tertiary/aromatic N) is 1. The van der Waals surface area contributed by atoms with Crippen LogP contribution in [-0.4, -0.2) is 27.7 Å². The number of carbonyl (C=O) groups is 1. The third kappa shape index (κ3) is 3.97. The summed E-state index contributed by atoms with van der Waals surface area (Å²) in [6.07, 6.45) is 4.36. The maximum absolute atomic E-state index is 12.5. The van der Waals surface area contributed by atoms with E-state index >= 15 is 0 Å². The Bertz CT molecular complexity index is 592. The van der Waals surface area contributed by atoms with Crippen molar-refractivity contribution in [3.05, 3.63) is 33.7 Å². The molecule has 1 saturated carbocycles. The highest BCUT2D eigenvalue weighted by molar-refractivity contribution is 5.95. The SMILES string of the molecule is Cc1ccn(CCC(C)C)c(=O)c1C(=O)N[C@@H]1CC[C@H](O)C1. The van der Waals surface area contributed by atoms with Crippen molar-refractivity contribution in [3.8, 4) is 0 Å². The first-order chi connectivity index (χ1) is 10.4. The molecule has 0 aromatic carbocycles. The van der Waals surface area contributed by atoms with Crippen LogP contribution < -0.4 is 10.9 Å². The second-order valence-electron chi connectivity index (χ2n) is 6.69. The molecule has 5 nitrogen and oxygen atoms in total. The van der Waals surface area contributed by atoms with Crippen molar-refractivity contribution in [2.45, 2.75) is 65.1 Å². The molecule has 5 heteroatoms. The number of hydrogen-bond acceptors (Lipinski definition) is 3. The molecular formula is C17H26N2O3. The quantitative estimate of drug-likeness (QED) is 0.872.